The van der Waals surface area contributed by atoms with Crippen LogP contribution in [0.3, 0.4) is 0 Å². The number of aromatic nitrogens is 5. The smallest absolute Gasteiger partial charge is 0.252 e. The van der Waals surface area contributed by atoms with E-state index >= 15 is 0 Å². The van der Waals surface area contributed by atoms with Crippen molar-refractivity contribution in [2.75, 3.05) is 20.8 Å². The number of rotatable bonds is 11. The van der Waals surface area contributed by atoms with E-state index in [1.165, 1.54) is 0 Å². The van der Waals surface area contributed by atoms with Gasteiger partial charge in [0, 0.05) is 31.8 Å². The second-order valence-corrected chi connectivity index (χ2v) is 8.14. The molecule has 4 aromatic rings. The molecule has 0 saturated carbocycles. The Morgan fingerprint density at radius 2 is 1.91 bits per heavy atom. The summed E-state index contributed by atoms with van der Waals surface area (Å²) in [4.78, 5) is 18.3. The minimum atomic E-state index is -0.118. The van der Waals surface area contributed by atoms with Crippen LogP contribution < -0.4 is 10.3 Å². The van der Waals surface area contributed by atoms with Crippen molar-refractivity contribution in [2.24, 2.45) is 0 Å². The first-order valence-electron chi connectivity index (χ1n) is 11.4. The SMILES string of the molecule is CC[C@H](c1nnnn1CCOC)N(Cc1ccccc1)Cc1cc2ccc(OC)cc2[nH]c1=O. The van der Waals surface area contributed by atoms with Gasteiger partial charge in [-0.2, -0.15) is 0 Å². The molecule has 9 heteroatoms. The highest BCUT2D eigenvalue weighted by Gasteiger charge is 2.26. The number of nitrogens with zero attached hydrogens (tertiary/aromatic N) is 5. The van der Waals surface area contributed by atoms with Crippen molar-refractivity contribution in [1.29, 1.82) is 0 Å². The third-order valence-electron chi connectivity index (χ3n) is 5.92. The Morgan fingerprint density at radius 1 is 1.09 bits per heavy atom. The number of hydrogen-bond acceptors (Lipinski definition) is 7. The summed E-state index contributed by atoms with van der Waals surface area (Å²) in [5.74, 6) is 1.47. The van der Waals surface area contributed by atoms with Crippen LogP contribution in [0.2, 0.25) is 0 Å². The molecule has 0 amide bonds. The van der Waals surface area contributed by atoms with Gasteiger partial charge in [-0.3, -0.25) is 9.69 Å². The van der Waals surface area contributed by atoms with Gasteiger partial charge in [0.05, 0.1) is 31.8 Å². The molecule has 0 unspecified atom stereocenters. The number of fused-ring (bicyclic) bond motifs is 1. The van der Waals surface area contributed by atoms with Gasteiger partial charge in [0.25, 0.3) is 5.56 Å². The summed E-state index contributed by atoms with van der Waals surface area (Å²) < 4.78 is 12.3. The van der Waals surface area contributed by atoms with Crippen molar-refractivity contribution >= 4 is 10.9 Å². The Labute approximate surface area is 198 Å². The molecule has 2 aromatic carbocycles. The van der Waals surface area contributed by atoms with E-state index in [4.69, 9.17) is 9.47 Å². The van der Waals surface area contributed by atoms with Gasteiger partial charge >= 0.3 is 0 Å². The highest BCUT2D eigenvalue weighted by molar-refractivity contribution is 5.80. The second-order valence-electron chi connectivity index (χ2n) is 8.14. The molecule has 0 bridgehead atoms. The van der Waals surface area contributed by atoms with Crippen molar-refractivity contribution < 1.29 is 9.47 Å². The summed E-state index contributed by atoms with van der Waals surface area (Å²) in [7, 11) is 3.27. The van der Waals surface area contributed by atoms with Gasteiger partial charge in [0.15, 0.2) is 5.82 Å². The van der Waals surface area contributed by atoms with E-state index in [9.17, 15) is 4.79 Å². The maximum absolute atomic E-state index is 13.0. The lowest BCUT2D eigenvalue weighted by atomic mass is 10.1. The first kappa shape index (κ1) is 23.6. The lowest BCUT2D eigenvalue weighted by Crippen LogP contribution is -2.32. The number of aromatic amines is 1. The third kappa shape index (κ3) is 5.32. The molecule has 34 heavy (non-hydrogen) atoms. The number of ether oxygens (including phenoxy) is 2. The van der Waals surface area contributed by atoms with Crippen molar-refractivity contribution in [3.63, 3.8) is 0 Å². The number of H-pyrrole nitrogens is 1. The highest BCUT2D eigenvalue weighted by Crippen LogP contribution is 2.27. The van der Waals surface area contributed by atoms with E-state index < -0.39 is 0 Å². The van der Waals surface area contributed by atoms with Crippen LogP contribution in [-0.4, -0.2) is 50.9 Å². The Bertz CT molecular complexity index is 1270. The minimum absolute atomic E-state index is 0.0852. The summed E-state index contributed by atoms with van der Waals surface area (Å²) in [6.07, 6.45) is 0.781. The van der Waals surface area contributed by atoms with Gasteiger partial charge in [-0.05, 0) is 46.0 Å². The van der Waals surface area contributed by atoms with Gasteiger partial charge in [-0.25, -0.2) is 4.68 Å². The lowest BCUT2D eigenvalue weighted by molar-refractivity contribution is 0.151. The fourth-order valence-corrected chi connectivity index (χ4v) is 4.17. The number of nitrogens with one attached hydrogen (secondary N) is 1. The zero-order chi connectivity index (χ0) is 23.9. The summed E-state index contributed by atoms with van der Waals surface area (Å²) in [6, 6.07) is 17.8. The molecule has 0 radical (unpaired) electrons. The molecule has 0 fully saturated rings. The van der Waals surface area contributed by atoms with Crippen LogP contribution in [0.25, 0.3) is 10.9 Å². The standard InChI is InChI=1S/C25H30N6O3/c1-4-23(24-27-28-29-31(24)12-13-33-2)30(16-18-8-6-5-7-9-18)17-20-14-19-10-11-21(34-3)15-22(19)26-25(20)32/h5-11,14-15,23H,4,12-13,16-17H2,1-3H3,(H,26,32)/t23-/m1/s1. The molecular weight excluding hydrogens is 432 g/mol. The topological polar surface area (TPSA) is 98.2 Å². The summed E-state index contributed by atoms with van der Waals surface area (Å²) >= 11 is 0. The largest absolute Gasteiger partial charge is 0.497 e. The molecule has 178 valence electrons. The number of tetrazole rings is 1. The van der Waals surface area contributed by atoms with E-state index in [1.54, 1.807) is 18.9 Å². The maximum atomic E-state index is 13.0. The van der Waals surface area contributed by atoms with E-state index in [2.05, 4.69) is 44.5 Å². The van der Waals surface area contributed by atoms with Crippen LogP contribution in [0.15, 0.2) is 59.4 Å². The molecule has 2 aromatic heterocycles. The zero-order valence-corrected chi connectivity index (χ0v) is 19.8. The summed E-state index contributed by atoms with van der Waals surface area (Å²) in [6.45, 7) is 4.28. The second kappa shape index (κ2) is 11.0. The third-order valence-corrected chi connectivity index (χ3v) is 5.92. The molecule has 9 nitrogen and oxygen atoms in total. The maximum Gasteiger partial charge on any atom is 0.252 e. The van der Waals surface area contributed by atoms with Crippen molar-refractivity contribution in [2.45, 2.75) is 39.0 Å². The Balaban J connectivity index is 1.71. The molecule has 2 heterocycles. The number of methoxy groups -OCH3 is 2. The first-order chi connectivity index (χ1) is 16.6. The van der Waals surface area contributed by atoms with Crippen molar-refractivity contribution in [3.8, 4) is 5.75 Å². The average Bonchev–Trinajstić information content (AvgIpc) is 3.32. The predicted molar refractivity (Wildman–Crippen MR) is 130 cm³/mol. The van der Waals surface area contributed by atoms with Crippen LogP contribution in [0, 0.1) is 0 Å². The minimum Gasteiger partial charge on any atom is -0.497 e. The normalized spacial score (nSPS) is 12.4. The van der Waals surface area contributed by atoms with E-state index in [0.29, 0.717) is 37.6 Å². The molecule has 1 atom stereocenters. The van der Waals surface area contributed by atoms with Crippen LogP contribution in [0.4, 0.5) is 0 Å². The van der Waals surface area contributed by atoms with Gasteiger partial charge in [0.2, 0.25) is 0 Å². The van der Waals surface area contributed by atoms with Gasteiger partial charge in [0.1, 0.15) is 5.75 Å². The molecule has 1 N–H and O–H groups in total. The van der Waals surface area contributed by atoms with Gasteiger partial charge in [-0.1, -0.05) is 37.3 Å². The molecule has 4 rings (SSSR count). The fourth-order valence-electron chi connectivity index (χ4n) is 4.17. The number of pyridine rings is 1. The molecule has 0 aliphatic rings. The summed E-state index contributed by atoms with van der Waals surface area (Å²) in [5, 5.41) is 13.4. The van der Waals surface area contributed by atoms with E-state index in [-0.39, 0.29) is 11.6 Å². The van der Waals surface area contributed by atoms with E-state index in [1.807, 2.05) is 42.5 Å². The Morgan fingerprint density at radius 3 is 2.65 bits per heavy atom. The first-order valence-corrected chi connectivity index (χ1v) is 11.4. The number of hydrogen-bond donors (Lipinski definition) is 1. The van der Waals surface area contributed by atoms with E-state index in [0.717, 1.165) is 28.7 Å². The molecule has 0 aliphatic heterocycles. The van der Waals surface area contributed by atoms with Gasteiger partial charge in [-0.15, -0.1) is 5.10 Å². The summed E-state index contributed by atoms with van der Waals surface area (Å²) in [5.41, 5.74) is 2.47. The quantitative estimate of drug-likeness (QED) is 0.365. The molecule has 0 aliphatic carbocycles. The molecule has 0 spiro atoms. The fraction of sp³-hybridized carbons (Fsp3) is 0.360. The van der Waals surface area contributed by atoms with Crippen LogP contribution >= 0.6 is 0 Å². The highest BCUT2D eigenvalue weighted by atomic mass is 16.5. The Kier molecular flexibility index (Phi) is 7.66. The predicted octanol–water partition coefficient (Wildman–Crippen LogP) is 3.32. The number of benzene rings is 2. The molecular formula is C25H30N6O3. The van der Waals surface area contributed by atoms with Crippen LogP contribution in [0.1, 0.15) is 36.3 Å². The average molecular weight is 463 g/mol. The molecule has 0 saturated heterocycles. The monoisotopic (exact) mass is 462 g/mol. The van der Waals surface area contributed by atoms with Crippen molar-refractivity contribution in [3.05, 3.63) is 81.9 Å². The Hall–Kier alpha value is -3.56. The van der Waals surface area contributed by atoms with Crippen molar-refractivity contribution in [1.82, 2.24) is 30.1 Å². The lowest BCUT2D eigenvalue weighted by Gasteiger charge is -2.30. The van der Waals surface area contributed by atoms with Crippen LogP contribution in [-0.2, 0) is 24.4 Å². The zero-order valence-electron chi connectivity index (χ0n) is 19.8. The van der Waals surface area contributed by atoms with Gasteiger partial charge < -0.3 is 14.5 Å². The van der Waals surface area contributed by atoms with Crippen LogP contribution in [0.5, 0.6) is 5.75 Å².